The second-order valence-corrected chi connectivity index (χ2v) is 6.28. The van der Waals surface area contributed by atoms with Crippen molar-refractivity contribution in [2.75, 3.05) is 11.5 Å². The number of halogens is 2. The number of nitrogens with one attached hydrogen (secondary N) is 1. The fourth-order valence-electron chi connectivity index (χ4n) is 2.89. The van der Waals surface area contributed by atoms with Crippen molar-refractivity contribution in [1.29, 1.82) is 10.7 Å². The summed E-state index contributed by atoms with van der Waals surface area (Å²) in [5.41, 5.74) is 14.1. The minimum absolute atomic E-state index is 0.0338. The zero-order valence-electron chi connectivity index (χ0n) is 14.7. The van der Waals surface area contributed by atoms with E-state index in [4.69, 9.17) is 26.6 Å². The van der Waals surface area contributed by atoms with E-state index in [9.17, 15) is 8.78 Å². The van der Waals surface area contributed by atoms with Crippen molar-refractivity contribution < 1.29 is 13.2 Å². The van der Waals surface area contributed by atoms with Gasteiger partial charge >= 0.3 is 0 Å². The zero-order chi connectivity index (χ0) is 20.3. The number of aromatic nitrogens is 1. The molecule has 5 N–H and O–H groups in total. The van der Waals surface area contributed by atoms with Crippen molar-refractivity contribution in [2.45, 2.75) is 18.8 Å². The van der Waals surface area contributed by atoms with Gasteiger partial charge in [-0.3, -0.25) is 5.41 Å². The Labute approximate surface area is 159 Å². The summed E-state index contributed by atoms with van der Waals surface area (Å²) in [6.07, 6.45) is 3.02. The molecule has 0 fully saturated rings. The number of nitrogen functional groups attached to an aromatic ring is 2. The molecular formula is C20H17F2N5O. The van der Waals surface area contributed by atoms with Crippen molar-refractivity contribution in [1.82, 2.24) is 4.98 Å². The Morgan fingerprint density at radius 2 is 2.00 bits per heavy atom. The maximum atomic E-state index is 13.1. The second-order valence-electron chi connectivity index (χ2n) is 6.28. The number of anilines is 2. The Balaban J connectivity index is 0.000000162. The molecule has 1 aliphatic rings. The quantitative estimate of drug-likeness (QED) is 0.459. The molecule has 142 valence electrons. The molecule has 0 unspecified atom stereocenters. The van der Waals surface area contributed by atoms with Gasteiger partial charge in [0.25, 0.3) is 5.92 Å². The molecule has 1 heterocycles. The Morgan fingerprint density at radius 1 is 1.21 bits per heavy atom. The molecule has 2 aromatic carbocycles. The highest BCUT2D eigenvalue weighted by atomic mass is 19.3. The average molecular weight is 381 g/mol. The molecule has 0 amide bonds. The molecule has 0 atom stereocenters. The normalized spacial score (nSPS) is 13.8. The third-order valence-electron chi connectivity index (χ3n) is 4.37. The van der Waals surface area contributed by atoms with Gasteiger partial charge in [-0.15, -0.1) is 0 Å². The van der Waals surface area contributed by atoms with Gasteiger partial charge in [-0.1, -0.05) is 6.07 Å². The van der Waals surface area contributed by atoms with Crippen molar-refractivity contribution >= 4 is 17.1 Å². The number of hydrogen-bond donors (Lipinski definition) is 3. The van der Waals surface area contributed by atoms with Gasteiger partial charge in [0.15, 0.2) is 12.2 Å². The molecule has 0 bridgehead atoms. The van der Waals surface area contributed by atoms with Crippen LogP contribution in [0.4, 0.5) is 20.2 Å². The Kier molecular flexibility index (Phi) is 5.09. The molecule has 6 nitrogen and oxygen atoms in total. The van der Waals surface area contributed by atoms with Crippen molar-refractivity contribution in [3.8, 4) is 6.07 Å². The van der Waals surface area contributed by atoms with Crippen LogP contribution in [-0.4, -0.2) is 10.7 Å². The number of nitrogens with zero attached hydrogens (tertiary/aromatic N) is 2. The molecule has 3 aromatic rings. The minimum atomic E-state index is -2.73. The maximum absolute atomic E-state index is 13.1. The van der Waals surface area contributed by atoms with Crippen LogP contribution in [-0.2, 0) is 12.3 Å². The van der Waals surface area contributed by atoms with E-state index < -0.39 is 5.92 Å². The lowest BCUT2D eigenvalue weighted by Crippen LogP contribution is -2.07. The van der Waals surface area contributed by atoms with Gasteiger partial charge in [0.2, 0.25) is 0 Å². The molecule has 0 saturated carbocycles. The minimum Gasteiger partial charge on any atom is -0.442 e. The Hall–Kier alpha value is -3.73. The van der Waals surface area contributed by atoms with E-state index in [0.717, 1.165) is 0 Å². The molecule has 1 aromatic heterocycles. The first-order chi connectivity index (χ1) is 13.3. The molecule has 4 rings (SSSR count). The van der Waals surface area contributed by atoms with E-state index in [-0.39, 0.29) is 17.7 Å². The fraction of sp³-hybridized carbons (Fsp3) is 0.150. The van der Waals surface area contributed by atoms with Crippen molar-refractivity contribution in [3.05, 3.63) is 77.0 Å². The molecule has 28 heavy (non-hydrogen) atoms. The van der Waals surface area contributed by atoms with Gasteiger partial charge in [-0.05, 0) is 42.3 Å². The first-order valence-electron chi connectivity index (χ1n) is 8.36. The third kappa shape index (κ3) is 3.83. The standard InChI is InChI=1S/C10H7F2N.C10H10N4O/c11-10(12)4-3-8-2-1-7(6-13)5-9(8)10;11-6-1-2-8(12)7(3-6)10(13)9-4-14-5-15-9/h1-2,5H,3-4H2;1-5,13H,11-12H2. The van der Waals surface area contributed by atoms with Crippen LogP contribution in [0.2, 0.25) is 0 Å². The van der Waals surface area contributed by atoms with Crippen LogP contribution < -0.4 is 11.5 Å². The molecule has 0 spiro atoms. The first-order valence-corrected chi connectivity index (χ1v) is 8.36. The van der Waals surface area contributed by atoms with Crippen LogP contribution in [0.3, 0.4) is 0 Å². The first kappa shape index (κ1) is 19.0. The number of rotatable bonds is 2. The summed E-state index contributed by atoms with van der Waals surface area (Å²) in [6.45, 7) is 0. The van der Waals surface area contributed by atoms with Crippen molar-refractivity contribution in [3.63, 3.8) is 0 Å². The number of nitriles is 1. The Bertz CT molecular complexity index is 1050. The van der Waals surface area contributed by atoms with Gasteiger partial charge < -0.3 is 15.9 Å². The van der Waals surface area contributed by atoms with Crippen LogP contribution in [0.25, 0.3) is 0 Å². The summed E-state index contributed by atoms with van der Waals surface area (Å²) >= 11 is 0. The number of fused-ring (bicyclic) bond motifs is 1. The van der Waals surface area contributed by atoms with E-state index in [1.807, 2.05) is 6.07 Å². The van der Waals surface area contributed by atoms with Crippen LogP contribution >= 0.6 is 0 Å². The van der Waals surface area contributed by atoms with Crippen LogP contribution in [0.5, 0.6) is 0 Å². The molecule has 0 saturated heterocycles. The largest absolute Gasteiger partial charge is 0.442 e. The summed E-state index contributed by atoms with van der Waals surface area (Å²) in [6, 6.07) is 11.3. The lowest BCUT2D eigenvalue weighted by Gasteiger charge is -2.09. The predicted molar refractivity (Wildman–Crippen MR) is 101 cm³/mol. The van der Waals surface area contributed by atoms with Crippen LogP contribution in [0.15, 0.2) is 53.4 Å². The number of hydrogen-bond acceptors (Lipinski definition) is 6. The summed E-state index contributed by atoms with van der Waals surface area (Å²) in [5, 5.41) is 16.4. The predicted octanol–water partition coefficient (Wildman–Crippen LogP) is 3.85. The Morgan fingerprint density at radius 3 is 2.68 bits per heavy atom. The van der Waals surface area contributed by atoms with Crippen LogP contribution in [0.1, 0.15) is 34.4 Å². The van der Waals surface area contributed by atoms with E-state index in [1.54, 1.807) is 30.3 Å². The number of nitrogens with two attached hydrogens (primary N) is 2. The van der Waals surface area contributed by atoms with Gasteiger partial charge in [0, 0.05) is 28.9 Å². The SMILES string of the molecule is N#Cc1ccc2c(c1)C(F)(F)CC2.N=C(c1cnco1)c1cc(N)ccc1N. The van der Waals surface area contributed by atoms with E-state index >= 15 is 0 Å². The number of oxazole rings is 1. The maximum Gasteiger partial charge on any atom is 0.273 e. The van der Waals surface area contributed by atoms with E-state index in [2.05, 4.69) is 4.98 Å². The van der Waals surface area contributed by atoms with E-state index in [0.29, 0.717) is 40.2 Å². The van der Waals surface area contributed by atoms with E-state index in [1.165, 1.54) is 18.7 Å². The topological polar surface area (TPSA) is 126 Å². The monoisotopic (exact) mass is 381 g/mol. The molecule has 1 aliphatic carbocycles. The highest BCUT2D eigenvalue weighted by Crippen LogP contribution is 2.41. The number of aryl methyl sites for hydroxylation is 1. The smallest absolute Gasteiger partial charge is 0.273 e. The summed E-state index contributed by atoms with van der Waals surface area (Å²) in [5.74, 6) is -2.37. The summed E-state index contributed by atoms with van der Waals surface area (Å²) < 4.78 is 31.3. The number of benzene rings is 2. The molecular weight excluding hydrogens is 364 g/mol. The number of alkyl halides is 2. The lowest BCUT2D eigenvalue weighted by molar-refractivity contribution is -0.00185. The van der Waals surface area contributed by atoms with Crippen LogP contribution in [0, 0.1) is 16.7 Å². The third-order valence-corrected chi connectivity index (χ3v) is 4.37. The highest BCUT2D eigenvalue weighted by molar-refractivity contribution is 6.12. The zero-order valence-corrected chi connectivity index (χ0v) is 14.7. The fourth-order valence-corrected chi connectivity index (χ4v) is 2.89. The molecule has 8 heteroatoms. The van der Waals surface area contributed by atoms with Gasteiger partial charge in [-0.2, -0.15) is 5.26 Å². The molecule has 0 radical (unpaired) electrons. The second kappa shape index (κ2) is 7.48. The summed E-state index contributed by atoms with van der Waals surface area (Å²) in [7, 11) is 0. The summed E-state index contributed by atoms with van der Waals surface area (Å²) in [4.78, 5) is 3.74. The molecule has 0 aliphatic heterocycles. The van der Waals surface area contributed by atoms with Gasteiger partial charge in [-0.25, -0.2) is 13.8 Å². The van der Waals surface area contributed by atoms with Gasteiger partial charge in [0.05, 0.1) is 17.8 Å². The van der Waals surface area contributed by atoms with Crippen molar-refractivity contribution in [2.24, 2.45) is 0 Å². The highest BCUT2D eigenvalue weighted by Gasteiger charge is 2.38. The average Bonchev–Trinajstić information content (AvgIpc) is 3.32. The van der Waals surface area contributed by atoms with Gasteiger partial charge in [0.1, 0.15) is 5.71 Å². The lowest BCUT2D eigenvalue weighted by atomic mass is 10.1.